The maximum Gasteiger partial charge on any atom is 0.121 e. The summed E-state index contributed by atoms with van der Waals surface area (Å²) in [6, 6.07) is 0. The molecule has 0 saturated carbocycles. The average Bonchev–Trinajstić information content (AvgIpc) is 2.17. The van der Waals surface area contributed by atoms with E-state index in [1.807, 2.05) is 6.92 Å². The van der Waals surface area contributed by atoms with Crippen LogP contribution in [0.25, 0.3) is 0 Å². The summed E-state index contributed by atoms with van der Waals surface area (Å²) in [6.45, 7) is 8.43. The van der Waals surface area contributed by atoms with E-state index in [4.69, 9.17) is 5.11 Å². The molecular weight excluding hydrogens is 196 g/mol. The van der Waals surface area contributed by atoms with Crippen LogP contribution < -0.4 is 0 Å². The Kier molecular flexibility index (Phi) is 8.38. The highest BCUT2D eigenvalue weighted by Gasteiger charge is 1.90. The summed E-state index contributed by atoms with van der Waals surface area (Å²) < 4.78 is 0. The van der Waals surface area contributed by atoms with Crippen LogP contribution in [0.3, 0.4) is 0 Å². The number of hydrogen-bond acceptors (Lipinski definition) is 1. The van der Waals surface area contributed by atoms with E-state index in [0.717, 1.165) is 37.5 Å². The number of aliphatic hydroxyl groups is 1. The van der Waals surface area contributed by atoms with Gasteiger partial charge in [0.05, 0.1) is 0 Å². The van der Waals surface area contributed by atoms with Crippen molar-refractivity contribution in [2.24, 2.45) is 0 Å². The van der Waals surface area contributed by atoms with Gasteiger partial charge in [-0.2, -0.15) is 0 Å². The van der Waals surface area contributed by atoms with Crippen molar-refractivity contribution in [3.05, 3.63) is 40.9 Å². The van der Waals surface area contributed by atoms with Crippen molar-refractivity contribution < 1.29 is 5.11 Å². The molecule has 0 heterocycles. The third-order valence-electron chi connectivity index (χ3n) is 2.41. The Morgan fingerprint density at radius 1 is 1.00 bits per heavy atom. The predicted molar refractivity (Wildman–Crippen MR) is 71.6 cm³/mol. The van der Waals surface area contributed by atoms with E-state index in [2.05, 4.69) is 38.7 Å². The van der Waals surface area contributed by atoms with Crippen LogP contribution in [0.15, 0.2) is 40.9 Å². The second-order valence-electron chi connectivity index (χ2n) is 4.46. The highest BCUT2D eigenvalue weighted by Crippen LogP contribution is 2.10. The van der Waals surface area contributed by atoms with Crippen LogP contribution >= 0.6 is 0 Å². The molecule has 0 spiro atoms. The Hall–Kier alpha value is -1.20. The van der Waals surface area contributed by atoms with Gasteiger partial charge in [0.1, 0.15) is 6.26 Å². The smallest absolute Gasteiger partial charge is 0.121 e. The molecule has 90 valence electrons. The van der Waals surface area contributed by atoms with Crippen molar-refractivity contribution in [3.63, 3.8) is 0 Å². The van der Waals surface area contributed by atoms with Gasteiger partial charge in [-0.15, -0.1) is 0 Å². The average molecular weight is 220 g/mol. The summed E-state index contributed by atoms with van der Waals surface area (Å²) in [4.78, 5) is 0. The molecular formula is C15H24O. The Bertz CT molecular complexity index is 308. The van der Waals surface area contributed by atoms with E-state index < -0.39 is 0 Å². The summed E-state index contributed by atoms with van der Waals surface area (Å²) >= 11 is 0. The van der Waals surface area contributed by atoms with Crippen molar-refractivity contribution in [2.75, 3.05) is 0 Å². The first-order valence-electron chi connectivity index (χ1n) is 5.90. The molecule has 1 nitrogen and oxygen atoms in total. The van der Waals surface area contributed by atoms with E-state index in [9.17, 15) is 0 Å². The first-order valence-corrected chi connectivity index (χ1v) is 5.90. The molecule has 0 unspecified atom stereocenters. The minimum Gasteiger partial charge on any atom is -0.507 e. The highest BCUT2D eigenvalue weighted by atomic mass is 16.2. The first kappa shape index (κ1) is 14.8. The molecule has 0 aromatic rings. The molecule has 0 aliphatic carbocycles. The van der Waals surface area contributed by atoms with Crippen molar-refractivity contribution in [1.29, 1.82) is 0 Å². The fourth-order valence-electron chi connectivity index (χ4n) is 1.41. The molecule has 0 aliphatic rings. The normalized spacial score (nSPS) is 10.6. The minimum atomic E-state index is 0.969. The Morgan fingerprint density at radius 3 is 2.19 bits per heavy atom. The number of hydrogen-bond donors (Lipinski definition) is 1. The first-order chi connectivity index (χ1) is 7.56. The summed E-state index contributed by atoms with van der Waals surface area (Å²) in [5, 5.41) is 8.53. The summed E-state index contributed by atoms with van der Waals surface area (Å²) in [7, 11) is 0. The fraction of sp³-hybridized carbons (Fsp3) is 0.533. The van der Waals surface area contributed by atoms with Gasteiger partial charge in [-0.05, 0) is 59.0 Å². The van der Waals surface area contributed by atoms with Gasteiger partial charge in [-0.3, -0.25) is 0 Å². The predicted octanol–water partition coefficient (Wildman–Crippen LogP) is 5.08. The van der Waals surface area contributed by atoms with E-state index >= 15 is 0 Å². The van der Waals surface area contributed by atoms with Gasteiger partial charge in [-0.1, -0.05) is 29.0 Å². The topological polar surface area (TPSA) is 20.2 Å². The van der Waals surface area contributed by atoms with Crippen LogP contribution in [-0.2, 0) is 0 Å². The molecule has 16 heavy (non-hydrogen) atoms. The molecule has 0 aromatic carbocycles. The van der Waals surface area contributed by atoms with Crippen molar-refractivity contribution in [2.45, 2.75) is 53.4 Å². The second-order valence-corrected chi connectivity index (χ2v) is 4.46. The molecule has 1 N–H and O–H groups in total. The Labute approximate surface area is 99.9 Å². The summed E-state index contributed by atoms with van der Waals surface area (Å²) in [5.41, 5.74) is 6.71. The van der Waals surface area contributed by atoms with E-state index in [1.165, 1.54) is 11.1 Å². The lowest BCUT2D eigenvalue weighted by Gasteiger charge is -1.99. The van der Waals surface area contributed by atoms with Gasteiger partial charge in [0, 0.05) is 0 Å². The second kappa shape index (κ2) is 9.06. The molecule has 0 amide bonds. The molecule has 0 radical (unpaired) electrons. The monoisotopic (exact) mass is 220 g/mol. The molecule has 0 fully saturated rings. The summed E-state index contributed by atoms with van der Waals surface area (Å²) in [6.07, 6.45) is 9.82. The standard InChI is InChI=1S/C15H24O/c1-13(2)7-5-8-14(3)9-6-10-15(4)11-12-16/h7,9,12,16H,5-6,8,10H2,1-4H3/b14-9-. The largest absolute Gasteiger partial charge is 0.507 e. The van der Waals surface area contributed by atoms with E-state index in [-0.39, 0.29) is 0 Å². The zero-order valence-corrected chi connectivity index (χ0v) is 11.0. The molecule has 0 bridgehead atoms. The van der Waals surface area contributed by atoms with Crippen LogP contribution in [0.1, 0.15) is 53.4 Å². The van der Waals surface area contributed by atoms with Gasteiger partial charge in [0.2, 0.25) is 0 Å². The van der Waals surface area contributed by atoms with Gasteiger partial charge in [0.25, 0.3) is 0 Å². The number of allylic oxidation sites excluding steroid dienone is 5. The van der Waals surface area contributed by atoms with Gasteiger partial charge >= 0.3 is 0 Å². The number of rotatable bonds is 6. The SMILES string of the molecule is CC(=C=CO)CC/C=C(/C)CCC=C(C)C. The third-order valence-corrected chi connectivity index (χ3v) is 2.41. The molecule has 0 aromatic heterocycles. The Balaban J connectivity index is 3.88. The third kappa shape index (κ3) is 9.36. The van der Waals surface area contributed by atoms with Gasteiger partial charge < -0.3 is 5.11 Å². The molecule has 0 rings (SSSR count). The molecule has 1 heteroatoms. The fourth-order valence-corrected chi connectivity index (χ4v) is 1.41. The molecule has 0 aliphatic heterocycles. The lowest BCUT2D eigenvalue weighted by Crippen LogP contribution is -1.79. The van der Waals surface area contributed by atoms with Crippen LogP contribution in [-0.4, -0.2) is 5.11 Å². The van der Waals surface area contributed by atoms with Gasteiger partial charge in [0.15, 0.2) is 0 Å². The van der Waals surface area contributed by atoms with Gasteiger partial charge in [-0.25, -0.2) is 0 Å². The zero-order chi connectivity index (χ0) is 12.4. The Morgan fingerprint density at radius 2 is 1.62 bits per heavy atom. The zero-order valence-electron chi connectivity index (χ0n) is 11.0. The highest BCUT2D eigenvalue weighted by molar-refractivity contribution is 5.04. The van der Waals surface area contributed by atoms with Crippen LogP contribution in [0.2, 0.25) is 0 Å². The van der Waals surface area contributed by atoms with Crippen LogP contribution in [0, 0.1) is 0 Å². The van der Waals surface area contributed by atoms with Crippen LogP contribution in [0.4, 0.5) is 0 Å². The minimum absolute atomic E-state index is 0.969. The van der Waals surface area contributed by atoms with Crippen molar-refractivity contribution in [3.8, 4) is 0 Å². The van der Waals surface area contributed by atoms with Crippen molar-refractivity contribution in [1.82, 2.24) is 0 Å². The molecule has 0 saturated heterocycles. The number of aliphatic hydroxyl groups excluding tert-OH is 1. The maximum atomic E-state index is 8.53. The van der Waals surface area contributed by atoms with E-state index in [1.54, 1.807) is 0 Å². The summed E-state index contributed by atoms with van der Waals surface area (Å²) in [5.74, 6) is 0. The quantitative estimate of drug-likeness (QED) is 0.376. The van der Waals surface area contributed by atoms with Crippen molar-refractivity contribution >= 4 is 0 Å². The van der Waals surface area contributed by atoms with Crippen LogP contribution in [0.5, 0.6) is 0 Å². The lowest BCUT2D eigenvalue weighted by molar-refractivity contribution is 0.474. The lowest BCUT2D eigenvalue weighted by atomic mass is 10.1. The molecule has 0 atom stereocenters. The van der Waals surface area contributed by atoms with E-state index in [0.29, 0.717) is 0 Å². The maximum absolute atomic E-state index is 8.53.